The fourth-order valence-corrected chi connectivity index (χ4v) is 6.04. The standard InChI is InChI=1S/C25H30N2O/c1-2-25-13-8-14-27(16-18-9-4-3-5-10-18)24(25)22-20-11-6-7-12-21(20)26-23(22)19(15-25)17-28/h3-7,9-12,19,24,26,28H,2,8,13-17H2,1H3. The molecule has 0 radical (unpaired) electrons. The van der Waals surface area contributed by atoms with E-state index in [9.17, 15) is 5.11 Å². The molecule has 5 rings (SSSR count). The second-order valence-electron chi connectivity index (χ2n) is 8.76. The van der Waals surface area contributed by atoms with Gasteiger partial charge in [0.2, 0.25) is 0 Å². The number of H-pyrrole nitrogens is 1. The maximum Gasteiger partial charge on any atom is 0.0514 e. The second kappa shape index (κ2) is 7.06. The van der Waals surface area contributed by atoms with Crippen molar-refractivity contribution in [2.24, 2.45) is 5.41 Å². The van der Waals surface area contributed by atoms with Gasteiger partial charge in [-0.15, -0.1) is 0 Å². The Bertz CT molecular complexity index is 963. The predicted molar refractivity (Wildman–Crippen MR) is 114 cm³/mol. The molecule has 3 aromatic rings. The smallest absolute Gasteiger partial charge is 0.0514 e. The molecule has 146 valence electrons. The number of benzene rings is 2. The lowest BCUT2D eigenvalue weighted by Gasteiger charge is -2.54. The molecular weight excluding hydrogens is 344 g/mol. The fourth-order valence-electron chi connectivity index (χ4n) is 6.04. The Hall–Kier alpha value is -2.10. The average molecular weight is 375 g/mol. The lowest BCUT2D eigenvalue weighted by atomic mass is 9.60. The maximum absolute atomic E-state index is 10.2. The molecular formula is C25H30N2O. The Balaban J connectivity index is 1.67. The van der Waals surface area contributed by atoms with Crippen LogP contribution in [0.2, 0.25) is 0 Å². The number of para-hydroxylation sites is 1. The molecule has 2 heterocycles. The first-order chi connectivity index (χ1) is 13.8. The van der Waals surface area contributed by atoms with Crippen LogP contribution in [0, 0.1) is 5.41 Å². The van der Waals surface area contributed by atoms with Gasteiger partial charge in [0.05, 0.1) is 6.61 Å². The van der Waals surface area contributed by atoms with Crippen molar-refractivity contribution in [3.63, 3.8) is 0 Å². The Labute approximate surface area is 167 Å². The van der Waals surface area contributed by atoms with E-state index in [-0.39, 0.29) is 17.9 Å². The number of nitrogens with one attached hydrogen (secondary N) is 1. The minimum atomic E-state index is 0.218. The molecule has 3 unspecified atom stereocenters. The lowest BCUT2D eigenvalue weighted by Crippen LogP contribution is -2.49. The highest BCUT2D eigenvalue weighted by atomic mass is 16.3. The van der Waals surface area contributed by atoms with Gasteiger partial charge in [-0.1, -0.05) is 55.5 Å². The largest absolute Gasteiger partial charge is 0.396 e. The lowest BCUT2D eigenvalue weighted by molar-refractivity contribution is -0.0225. The summed E-state index contributed by atoms with van der Waals surface area (Å²) in [5, 5.41) is 11.6. The van der Waals surface area contributed by atoms with Gasteiger partial charge in [-0.05, 0) is 54.8 Å². The Morgan fingerprint density at radius 2 is 1.89 bits per heavy atom. The third-order valence-electron chi connectivity index (χ3n) is 7.33. The van der Waals surface area contributed by atoms with Crippen LogP contribution in [0.15, 0.2) is 54.6 Å². The molecule has 2 N–H and O–H groups in total. The van der Waals surface area contributed by atoms with Crippen LogP contribution in [0.25, 0.3) is 10.9 Å². The number of hydrogen-bond donors (Lipinski definition) is 2. The van der Waals surface area contributed by atoms with Crippen LogP contribution >= 0.6 is 0 Å². The first-order valence-corrected chi connectivity index (χ1v) is 10.7. The van der Waals surface area contributed by atoms with Gasteiger partial charge in [-0.25, -0.2) is 0 Å². The van der Waals surface area contributed by atoms with Crippen LogP contribution in [0.1, 0.15) is 61.4 Å². The number of rotatable bonds is 4. The van der Waals surface area contributed by atoms with E-state index in [0.29, 0.717) is 6.04 Å². The first-order valence-electron chi connectivity index (χ1n) is 10.7. The minimum absolute atomic E-state index is 0.218. The zero-order valence-corrected chi connectivity index (χ0v) is 16.7. The molecule has 1 aromatic heterocycles. The Morgan fingerprint density at radius 3 is 2.68 bits per heavy atom. The van der Waals surface area contributed by atoms with E-state index in [1.165, 1.54) is 47.0 Å². The molecule has 1 saturated heterocycles. The number of hydrogen-bond acceptors (Lipinski definition) is 2. The van der Waals surface area contributed by atoms with Gasteiger partial charge in [-0.3, -0.25) is 4.90 Å². The van der Waals surface area contributed by atoms with Gasteiger partial charge in [0.15, 0.2) is 0 Å². The summed E-state index contributed by atoms with van der Waals surface area (Å²) in [5.41, 5.74) is 5.58. The Morgan fingerprint density at radius 1 is 1.11 bits per heavy atom. The van der Waals surface area contributed by atoms with Crippen molar-refractivity contribution >= 4 is 10.9 Å². The second-order valence-corrected chi connectivity index (χ2v) is 8.76. The number of aliphatic hydroxyl groups excluding tert-OH is 1. The Kier molecular flexibility index (Phi) is 4.53. The van der Waals surface area contributed by atoms with E-state index in [0.717, 1.165) is 19.5 Å². The quantitative estimate of drug-likeness (QED) is 0.643. The summed E-state index contributed by atoms with van der Waals surface area (Å²) in [4.78, 5) is 6.41. The summed E-state index contributed by atoms with van der Waals surface area (Å²) >= 11 is 0. The van der Waals surface area contributed by atoms with Gasteiger partial charge >= 0.3 is 0 Å². The highest BCUT2D eigenvalue weighted by molar-refractivity contribution is 5.86. The van der Waals surface area contributed by atoms with Crippen molar-refractivity contribution in [3.05, 3.63) is 71.4 Å². The van der Waals surface area contributed by atoms with Crippen molar-refractivity contribution in [2.45, 2.75) is 51.1 Å². The number of piperidine rings is 1. The number of aromatic nitrogens is 1. The number of nitrogens with zero attached hydrogens (tertiary/aromatic N) is 1. The summed E-state index contributed by atoms with van der Waals surface area (Å²) in [7, 11) is 0. The molecule has 3 nitrogen and oxygen atoms in total. The van der Waals surface area contributed by atoms with E-state index >= 15 is 0 Å². The zero-order chi connectivity index (χ0) is 19.1. The molecule has 1 aliphatic heterocycles. The highest BCUT2D eigenvalue weighted by Gasteiger charge is 2.50. The van der Waals surface area contributed by atoms with E-state index in [4.69, 9.17) is 0 Å². The maximum atomic E-state index is 10.2. The van der Waals surface area contributed by atoms with Crippen molar-refractivity contribution < 1.29 is 5.11 Å². The minimum Gasteiger partial charge on any atom is -0.396 e. The molecule has 1 aliphatic carbocycles. The molecule has 3 atom stereocenters. The van der Waals surface area contributed by atoms with Crippen LogP contribution in [-0.2, 0) is 6.54 Å². The number of likely N-dealkylation sites (tertiary alicyclic amines) is 1. The highest BCUT2D eigenvalue weighted by Crippen LogP contribution is 2.59. The van der Waals surface area contributed by atoms with Crippen LogP contribution in [0.5, 0.6) is 0 Å². The van der Waals surface area contributed by atoms with E-state index < -0.39 is 0 Å². The van der Waals surface area contributed by atoms with E-state index in [1.807, 2.05) is 0 Å². The average Bonchev–Trinajstić information content (AvgIpc) is 3.13. The molecule has 28 heavy (non-hydrogen) atoms. The zero-order valence-electron chi connectivity index (χ0n) is 16.7. The van der Waals surface area contributed by atoms with Crippen molar-refractivity contribution in [1.29, 1.82) is 0 Å². The number of aromatic amines is 1. The van der Waals surface area contributed by atoms with Gasteiger partial charge in [0.25, 0.3) is 0 Å². The van der Waals surface area contributed by atoms with E-state index in [1.54, 1.807) is 0 Å². The molecule has 0 spiro atoms. The molecule has 0 saturated carbocycles. The van der Waals surface area contributed by atoms with Crippen molar-refractivity contribution in [1.82, 2.24) is 9.88 Å². The molecule has 0 amide bonds. The van der Waals surface area contributed by atoms with Gasteiger partial charge in [0.1, 0.15) is 0 Å². The van der Waals surface area contributed by atoms with Crippen LogP contribution in [-0.4, -0.2) is 28.1 Å². The van der Waals surface area contributed by atoms with Crippen LogP contribution in [0.4, 0.5) is 0 Å². The molecule has 2 aliphatic rings. The molecule has 2 aromatic carbocycles. The van der Waals surface area contributed by atoms with Gasteiger partial charge in [0, 0.05) is 35.1 Å². The third kappa shape index (κ3) is 2.72. The summed E-state index contributed by atoms with van der Waals surface area (Å²) in [6.45, 7) is 4.72. The molecule has 1 fully saturated rings. The van der Waals surface area contributed by atoms with Crippen LogP contribution in [0.3, 0.4) is 0 Å². The first kappa shape index (κ1) is 18.0. The third-order valence-corrected chi connectivity index (χ3v) is 7.33. The van der Waals surface area contributed by atoms with Crippen LogP contribution < -0.4 is 0 Å². The summed E-state index contributed by atoms with van der Waals surface area (Å²) < 4.78 is 0. The fraction of sp³-hybridized carbons (Fsp3) is 0.440. The van der Waals surface area contributed by atoms with Crippen molar-refractivity contribution in [3.8, 4) is 0 Å². The topological polar surface area (TPSA) is 39.3 Å². The number of fused-ring (bicyclic) bond motifs is 5. The SMILES string of the molecule is CCC12CCCN(Cc3ccccc3)C1c1c([nH]c3ccccc13)C(CO)C2. The summed E-state index contributed by atoms with van der Waals surface area (Å²) in [5.74, 6) is 0.218. The number of aliphatic hydroxyl groups is 1. The summed E-state index contributed by atoms with van der Waals surface area (Å²) in [6, 6.07) is 20.0. The predicted octanol–water partition coefficient (Wildman–Crippen LogP) is 5.38. The van der Waals surface area contributed by atoms with E-state index in [2.05, 4.69) is 71.4 Å². The monoisotopic (exact) mass is 374 g/mol. The van der Waals surface area contributed by atoms with Gasteiger partial charge < -0.3 is 10.1 Å². The normalized spacial score (nSPS) is 27.5. The molecule has 0 bridgehead atoms. The van der Waals surface area contributed by atoms with Crippen molar-refractivity contribution in [2.75, 3.05) is 13.2 Å². The summed E-state index contributed by atoms with van der Waals surface area (Å²) in [6.07, 6.45) is 4.75. The molecule has 3 heteroatoms. The van der Waals surface area contributed by atoms with Gasteiger partial charge in [-0.2, -0.15) is 0 Å².